The molecule has 0 atom stereocenters. The van der Waals surface area contributed by atoms with Crippen molar-refractivity contribution in [1.29, 1.82) is 0 Å². The Labute approximate surface area is 150 Å². The largest absolute Gasteiger partial charge is 0.491 e. The van der Waals surface area contributed by atoms with Crippen molar-refractivity contribution in [1.82, 2.24) is 5.32 Å². The van der Waals surface area contributed by atoms with Crippen molar-refractivity contribution in [3.05, 3.63) is 59.7 Å². The summed E-state index contributed by atoms with van der Waals surface area (Å²) in [7, 11) is 0. The minimum atomic E-state index is -4.41. The molecule has 7 heteroatoms. The molecule has 4 nitrogen and oxygen atoms in total. The van der Waals surface area contributed by atoms with Gasteiger partial charge in [-0.3, -0.25) is 4.79 Å². The van der Waals surface area contributed by atoms with E-state index in [4.69, 9.17) is 4.74 Å². The van der Waals surface area contributed by atoms with Gasteiger partial charge in [-0.05, 0) is 49.7 Å². The second kappa shape index (κ2) is 8.60. The highest BCUT2D eigenvalue weighted by Crippen LogP contribution is 2.30. The molecule has 0 spiro atoms. The zero-order valence-electron chi connectivity index (χ0n) is 14.6. The molecule has 140 valence electrons. The van der Waals surface area contributed by atoms with Crippen LogP contribution in [-0.4, -0.2) is 18.6 Å². The average Bonchev–Trinajstić information content (AvgIpc) is 2.58. The van der Waals surface area contributed by atoms with Gasteiger partial charge in [-0.2, -0.15) is 13.2 Å². The molecule has 0 aliphatic carbocycles. The van der Waals surface area contributed by atoms with E-state index in [1.807, 2.05) is 38.1 Å². The standard InChI is InChI=1S/C19H21F3N2O2/c1-13(2)26-17-8-6-14(7-9-17)11-24-18(25)12-23-16-5-3-4-15(10-16)19(20,21)22/h3-10,13,23H,11-12H2,1-2H3,(H,24,25). The Bertz CT molecular complexity index is 728. The van der Waals surface area contributed by atoms with E-state index in [1.54, 1.807) is 0 Å². The number of halogens is 3. The van der Waals surface area contributed by atoms with Crippen molar-refractivity contribution in [3.63, 3.8) is 0 Å². The topological polar surface area (TPSA) is 50.4 Å². The highest BCUT2D eigenvalue weighted by atomic mass is 19.4. The molecule has 26 heavy (non-hydrogen) atoms. The zero-order valence-corrected chi connectivity index (χ0v) is 14.6. The van der Waals surface area contributed by atoms with Gasteiger partial charge in [0.05, 0.1) is 18.2 Å². The van der Waals surface area contributed by atoms with Crippen molar-refractivity contribution in [2.24, 2.45) is 0 Å². The Balaban J connectivity index is 1.80. The lowest BCUT2D eigenvalue weighted by Crippen LogP contribution is -2.29. The SMILES string of the molecule is CC(C)Oc1ccc(CNC(=O)CNc2cccc(C(F)(F)F)c2)cc1. The third kappa shape index (κ3) is 6.31. The van der Waals surface area contributed by atoms with Crippen LogP contribution in [-0.2, 0) is 17.5 Å². The summed E-state index contributed by atoms with van der Waals surface area (Å²) in [6.45, 7) is 4.08. The molecule has 2 aromatic rings. The number of nitrogens with one attached hydrogen (secondary N) is 2. The maximum Gasteiger partial charge on any atom is 0.416 e. The van der Waals surface area contributed by atoms with Crippen LogP contribution in [0.5, 0.6) is 5.75 Å². The average molecular weight is 366 g/mol. The van der Waals surface area contributed by atoms with Crippen LogP contribution in [0.4, 0.5) is 18.9 Å². The Kier molecular flexibility index (Phi) is 6.49. The third-order valence-electron chi connectivity index (χ3n) is 3.43. The molecule has 0 heterocycles. The van der Waals surface area contributed by atoms with E-state index in [0.29, 0.717) is 6.54 Å². The minimum Gasteiger partial charge on any atom is -0.491 e. The molecule has 0 fully saturated rings. The Morgan fingerprint density at radius 1 is 1.12 bits per heavy atom. The monoisotopic (exact) mass is 366 g/mol. The van der Waals surface area contributed by atoms with Gasteiger partial charge in [0.1, 0.15) is 5.75 Å². The van der Waals surface area contributed by atoms with E-state index in [0.717, 1.165) is 23.4 Å². The number of amides is 1. The Morgan fingerprint density at radius 3 is 2.42 bits per heavy atom. The van der Waals surface area contributed by atoms with Gasteiger partial charge in [0, 0.05) is 12.2 Å². The van der Waals surface area contributed by atoms with Crippen LogP contribution in [0, 0.1) is 0 Å². The molecule has 0 saturated carbocycles. The lowest BCUT2D eigenvalue weighted by Gasteiger charge is -2.12. The third-order valence-corrected chi connectivity index (χ3v) is 3.43. The summed E-state index contributed by atoms with van der Waals surface area (Å²) in [5.74, 6) is 0.436. The van der Waals surface area contributed by atoms with Gasteiger partial charge in [0.25, 0.3) is 0 Å². The predicted octanol–water partition coefficient (Wildman–Crippen LogP) is 4.22. The van der Waals surface area contributed by atoms with E-state index in [2.05, 4.69) is 10.6 Å². The summed E-state index contributed by atoms with van der Waals surface area (Å²) in [6, 6.07) is 12.1. The number of rotatable bonds is 7. The quantitative estimate of drug-likeness (QED) is 0.771. The maximum absolute atomic E-state index is 12.7. The lowest BCUT2D eigenvalue weighted by molar-refractivity contribution is -0.137. The molecular weight excluding hydrogens is 345 g/mol. The highest BCUT2D eigenvalue weighted by molar-refractivity contribution is 5.80. The van der Waals surface area contributed by atoms with Crippen LogP contribution in [0.15, 0.2) is 48.5 Å². The van der Waals surface area contributed by atoms with E-state index >= 15 is 0 Å². The molecule has 0 bridgehead atoms. The predicted molar refractivity (Wildman–Crippen MR) is 94.0 cm³/mol. The summed E-state index contributed by atoms with van der Waals surface area (Å²) in [5, 5.41) is 5.40. The number of carbonyl (C=O) groups excluding carboxylic acids is 1. The van der Waals surface area contributed by atoms with E-state index in [1.165, 1.54) is 12.1 Å². The number of benzene rings is 2. The summed E-state index contributed by atoms with van der Waals surface area (Å²) in [5.41, 5.74) is 0.380. The van der Waals surface area contributed by atoms with Gasteiger partial charge in [-0.15, -0.1) is 0 Å². The van der Waals surface area contributed by atoms with Crippen molar-refractivity contribution in [2.75, 3.05) is 11.9 Å². The molecule has 0 aliphatic rings. The number of hydrogen-bond donors (Lipinski definition) is 2. The van der Waals surface area contributed by atoms with Crippen molar-refractivity contribution >= 4 is 11.6 Å². The highest BCUT2D eigenvalue weighted by Gasteiger charge is 2.30. The summed E-state index contributed by atoms with van der Waals surface area (Å²) < 4.78 is 43.5. The molecule has 0 unspecified atom stereocenters. The Morgan fingerprint density at radius 2 is 1.81 bits per heavy atom. The van der Waals surface area contributed by atoms with Crippen LogP contribution in [0.1, 0.15) is 25.0 Å². The summed E-state index contributed by atoms with van der Waals surface area (Å²) >= 11 is 0. The van der Waals surface area contributed by atoms with Crippen molar-refractivity contribution in [3.8, 4) is 5.75 Å². The molecule has 0 radical (unpaired) electrons. The number of hydrogen-bond acceptors (Lipinski definition) is 3. The van der Waals surface area contributed by atoms with Crippen molar-refractivity contribution < 1.29 is 22.7 Å². The molecule has 1 amide bonds. The second-order valence-corrected chi connectivity index (χ2v) is 6.02. The van der Waals surface area contributed by atoms with Crippen LogP contribution < -0.4 is 15.4 Å². The van der Waals surface area contributed by atoms with Gasteiger partial charge in [-0.1, -0.05) is 18.2 Å². The first kappa shape index (κ1) is 19.6. The van der Waals surface area contributed by atoms with E-state index < -0.39 is 11.7 Å². The van der Waals surface area contributed by atoms with Crippen LogP contribution in [0.25, 0.3) is 0 Å². The first-order valence-corrected chi connectivity index (χ1v) is 8.17. The van der Waals surface area contributed by atoms with Crippen LogP contribution in [0.2, 0.25) is 0 Å². The molecule has 0 saturated heterocycles. The first-order valence-electron chi connectivity index (χ1n) is 8.17. The lowest BCUT2D eigenvalue weighted by atomic mass is 10.2. The van der Waals surface area contributed by atoms with Gasteiger partial charge in [-0.25, -0.2) is 0 Å². The molecule has 2 N–H and O–H groups in total. The first-order chi connectivity index (χ1) is 12.2. The van der Waals surface area contributed by atoms with Gasteiger partial charge in [0.2, 0.25) is 5.91 Å². The number of alkyl halides is 3. The molecule has 2 rings (SSSR count). The van der Waals surface area contributed by atoms with Crippen LogP contribution in [0.3, 0.4) is 0 Å². The van der Waals surface area contributed by atoms with E-state index in [9.17, 15) is 18.0 Å². The molecular formula is C19H21F3N2O2. The van der Waals surface area contributed by atoms with Gasteiger partial charge < -0.3 is 15.4 Å². The smallest absolute Gasteiger partial charge is 0.416 e. The molecule has 2 aromatic carbocycles. The summed E-state index contributed by atoms with van der Waals surface area (Å²) in [4.78, 5) is 11.9. The zero-order chi connectivity index (χ0) is 19.2. The molecule has 0 aliphatic heterocycles. The van der Waals surface area contributed by atoms with Crippen LogP contribution >= 0.6 is 0 Å². The minimum absolute atomic E-state index is 0.0856. The van der Waals surface area contributed by atoms with Gasteiger partial charge >= 0.3 is 6.18 Å². The van der Waals surface area contributed by atoms with Crippen molar-refractivity contribution in [2.45, 2.75) is 32.7 Å². The fourth-order valence-corrected chi connectivity index (χ4v) is 2.21. The maximum atomic E-state index is 12.7. The van der Waals surface area contributed by atoms with Gasteiger partial charge in [0.15, 0.2) is 0 Å². The number of carbonyl (C=O) groups is 1. The Hall–Kier alpha value is -2.70. The number of anilines is 1. The molecule has 0 aromatic heterocycles. The summed E-state index contributed by atoms with van der Waals surface area (Å²) in [6.07, 6.45) is -4.33. The number of ether oxygens (including phenoxy) is 1. The fraction of sp³-hybridized carbons (Fsp3) is 0.316. The second-order valence-electron chi connectivity index (χ2n) is 6.02. The van der Waals surface area contributed by atoms with E-state index in [-0.39, 0.29) is 24.2 Å². The fourth-order valence-electron chi connectivity index (χ4n) is 2.21. The normalized spacial score (nSPS) is 11.3.